The number of nitrogens with zero attached hydrogens (tertiary/aromatic N) is 2. The number of rotatable bonds is 2. The lowest BCUT2D eigenvalue weighted by Crippen LogP contribution is -2.27. The molecule has 1 aromatic heterocycles. The molecule has 2 aromatic rings. The van der Waals surface area contributed by atoms with E-state index in [1.165, 1.54) is 11.3 Å². The van der Waals surface area contributed by atoms with E-state index < -0.39 is 0 Å². The minimum absolute atomic E-state index is 0.0632. The number of aromatic nitrogens is 1. The first-order chi connectivity index (χ1) is 8.74. The molecule has 0 spiro atoms. The van der Waals surface area contributed by atoms with E-state index in [4.69, 9.17) is 0 Å². The van der Waals surface area contributed by atoms with E-state index in [1.807, 2.05) is 29.6 Å². The zero-order valence-electron chi connectivity index (χ0n) is 9.39. The van der Waals surface area contributed by atoms with Crippen LogP contribution in [-0.2, 0) is 0 Å². The lowest BCUT2D eigenvalue weighted by molar-refractivity contribution is 0.252. The van der Waals surface area contributed by atoms with Crippen LogP contribution in [0.25, 0.3) is 11.3 Å². The molecule has 1 aromatic carbocycles. The molecule has 0 radical (unpaired) electrons. The van der Waals surface area contributed by atoms with E-state index in [1.54, 1.807) is 4.90 Å². The lowest BCUT2D eigenvalue weighted by atomic mass is 10.2. The van der Waals surface area contributed by atoms with Crippen LogP contribution in [0.3, 0.4) is 0 Å². The molecule has 92 valence electrons. The molecule has 1 aliphatic heterocycles. The van der Waals surface area contributed by atoms with Gasteiger partial charge in [-0.05, 0) is 12.1 Å². The highest BCUT2D eigenvalue weighted by molar-refractivity contribution is 9.10. The molecule has 2 amide bonds. The van der Waals surface area contributed by atoms with Gasteiger partial charge < -0.3 is 5.32 Å². The molecular formula is C12H10BrN3OS. The number of carbonyl (C=O) groups is 1. The number of anilines is 1. The van der Waals surface area contributed by atoms with Crippen molar-refractivity contribution in [1.82, 2.24) is 10.3 Å². The quantitative estimate of drug-likeness (QED) is 0.923. The Labute approximate surface area is 117 Å². The highest BCUT2D eigenvalue weighted by atomic mass is 79.9. The number of halogens is 1. The van der Waals surface area contributed by atoms with Crippen LogP contribution in [0.4, 0.5) is 9.93 Å². The second-order valence-electron chi connectivity index (χ2n) is 3.91. The van der Waals surface area contributed by atoms with Crippen LogP contribution in [0.5, 0.6) is 0 Å². The fourth-order valence-corrected chi connectivity index (χ4v) is 2.92. The van der Waals surface area contributed by atoms with Gasteiger partial charge in [0.25, 0.3) is 0 Å². The van der Waals surface area contributed by atoms with Crippen LogP contribution < -0.4 is 10.2 Å². The first-order valence-electron chi connectivity index (χ1n) is 5.51. The third-order valence-electron chi connectivity index (χ3n) is 2.72. The molecule has 0 atom stereocenters. The van der Waals surface area contributed by atoms with Gasteiger partial charge in [-0.3, -0.25) is 4.90 Å². The minimum atomic E-state index is -0.0632. The van der Waals surface area contributed by atoms with Crippen LogP contribution in [0.2, 0.25) is 0 Å². The first-order valence-corrected chi connectivity index (χ1v) is 7.18. The van der Waals surface area contributed by atoms with Gasteiger partial charge in [0.05, 0.1) is 5.69 Å². The number of benzene rings is 1. The molecule has 0 aliphatic carbocycles. The molecule has 1 saturated heterocycles. The first kappa shape index (κ1) is 11.7. The van der Waals surface area contributed by atoms with Crippen LogP contribution in [0.1, 0.15) is 0 Å². The molecule has 2 heterocycles. The van der Waals surface area contributed by atoms with E-state index in [0.29, 0.717) is 13.1 Å². The summed E-state index contributed by atoms with van der Waals surface area (Å²) in [6.07, 6.45) is 0. The Kier molecular flexibility index (Phi) is 3.05. The second kappa shape index (κ2) is 4.70. The van der Waals surface area contributed by atoms with Gasteiger partial charge in [0, 0.05) is 28.5 Å². The molecule has 0 saturated carbocycles. The zero-order chi connectivity index (χ0) is 12.5. The topological polar surface area (TPSA) is 45.2 Å². The number of hydrogen-bond donors (Lipinski definition) is 1. The van der Waals surface area contributed by atoms with E-state index >= 15 is 0 Å². The summed E-state index contributed by atoms with van der Waals surface area (Å²) in [6, 6.07) is 7.92. The minimum Gasteiger partial charge on any atom is -0.336 e. The predicted molar refractivity (Wildman–Crippen MR) is 76.0 cm³/mol. The summed E-state index contributed by atoms with van der Waals surface area (Å²) in [4.78, 5) is 17.7. The highest BCUT2D eigenvalue weighted by Crippen LogP contribution is 2.28. The monoisotopic (exact) mass is 323 g/mol. The van der Waals surface area contributed by atoms with Crippen LogP contribution in [0, 0.1) is 0 Å². The summed E-state index contributed by atoms with van der Waals surface area (Å²) < 4.78 is 1.04. The normalized spacial score (nSPS) is 14.9. The molecule has 18 heavy (non-hydrogen) atoms. The standard InChI is InChI=1S/C12H10BrN3OS/c13-9-3-1-8(2-4-9)10-7-18-12(15-10)16-6-5-14-11(16)17/h1-4,7H,5-6H2,(H,14,17). The van der Waals surface area contributed by atoms with Gasteiger partial charge in [-0.2, -0.15) is 0 Å². The van der Waals surface area contributed by atoms with Gasteiger partial charge >= 0.3 is 6.03 Å². The average molecular weight is 324 g/mol. The summed E-state index contributed by atoms with van der Waals surface area (Å²) in [5.74, 6) is 0. The Morgan fingerprint density at radius 3 is 2.78 bits per heavy atom. The molecule has 0 bridgehead atoms. The van der Waals surface area contributed by atoms with Crippen molar-refractivity contribution in [3.8, 4) is 11.3 Å². The average Bonchev–Trinajstić information content (AvgIpc) is 2.98. The van der Waals surface area contributed by atoms with Crippen LogP contribution >= 0.6 is 27.3 Å². The van der Waals surface area contributed by atoms with Gasteiger partial charge in [0.2, 0.25) is 0 Å². The van der Waals surface area contributed by atoms with Crippen molar-refractivity contribution in [3.63, 3.8) is 0 Å². The number of urea groups is 1. The number of nitrogens with one attached hydrogen (secondary N) is 1. The summed E-state index contributed by atoms with van der Waals surface area (Å²) in [5, 5.41) is 5.50. The summed E-state index contributed by atoms with van der Waals surface area (Å²) in [6.45, 7) is 1.37. The zero-order valence-corrected chi connectivity index (χ0v) is 11.8. The van der Waals surface area contributed by atoms with E-state index in [-0.39, 0.29) is 6.03 Å². The predicted octanol–water partition coefficient (Wildman–Crippen LogP) is 3.10. The molecule has 3 rings (SSSR count). The smallest absolute Gasteiger partial charge is 0.323 e. The molecule has 1 N–H and O–H groups in total. The fraction of sp³-hybridized carbons (Fsp3) is 0.167. The van der Waals surface area contributed by atoms with Crippen molar-refractivity contribution in [2.24, 2.45) is 0 Å². The highest BCUT2D eigenvalue weighted by Gasteiger charge is 2.23. The number of hydrogen-bond acceptors (Lipinski definition) is 3. The Bertz CT molecular complexity index is 581. The molecule has 6 heteroatoms. The van der Waals surface area contributed by atoms with Crippen molar-refractivity contribution in [2.45, 2.75) is 0 Å². The van der Waals surface area contributed by atoms with E-state index in [9.17, 15) is 4.79 Å². The summed E-state index contributed by atoms with van der Waals surface area (Å²) in [7, 11) is 0. The van der Waals surface area contributed by atoms with Crippen LogP contribution in [-0.4, -0.2) is 24.1 Å². The van der Waals surface area contributed by atoms with E-state index in [0.717, 1.165) is 20.9 Å². The van der Waals surface area contributed by atoms with Gasteiger partial charge in [-0.15, -0.1) is 11.3 Å². The maximum absolute atomic E-state index is 11.5. The molecule has 1 fully saturated rings. The molecular weight excluding hydrogens is 314 g/mol. The molecule has 1 aliphatic rings. The largest absolute Gasteiger partial charge is 0.336 e. The summed E-state index contributed by atoms with van der Waals surface area (Å²) in [5.41, 5.74) is 1.96. The van der Waals surface area contributed by atoms with Gasteiger partial charge in [0.15, 0.2) is 5.13 Å². The van der Waals surface area contributed by atoms with Crippen molar-refractivity contribution >= 4 is 38.4 Å². The van der Waals surface area contributed by atoms with Crippen molar-refractivity contribution in [2.75, 3.05) is 18.0 Å². The van der Waals surface area contributed by atoms with Crippen LogP contribution in [0.15, 0.2) is 34.1 Å². The number of carbonyl (C=O) groups excluding carboxylic acids is 1. The maximum Gasteiger partial charge on any atom is 0.323 e. The van der Waals surface area contributed by atoms with E-state index in [2.05, 4.69) is 26.2 Å². The second-order valence-corrected chi connectivity index (χ2v) is 5.66. The Balaban J connectivity index is 1.89. The Morgan fingerprint density at radius 1 is 1.33 bits per heavy atom. The number of amides is 2. The van der Waals surface area contributed by atoms with Gasteiger partial charge in [-0.1, -0.05) is 28.1 Å². The Hall–Kier alpha value is -1.40. The third-order valence-corrected chi connectivity index (χ3v) is 4.11. The molecule has 0 unspecified atom stereocenters. The fourth-order valence-electron chi connectivity index (χ4n) is 1.80. The van der Waals surface area contributed by atoms with Crippen molar-refractivity contribution in [1.29, 1.82) is 0 Å². The van der Waals surface area contributed by atoms with Crippen molar-refractivity contribution < 1.29 is 4.79 Å². The van der Waals surface area contributed by atoms with Crippen molar-refractivity contribution in [3.05, 3.63) is 34.1 Å². The van der Waals surface area contributed by atoms with Gasteiger partial charge in [0.1, 0.15) is 0 Å². The third kappa shape index (κ3) is 2.13. The lowest BCUT2D eigenvalue weighted by Gasteiger charge is -2.08. The van der Waals surface area contributed by atoms with Gasteiger partial charge in [-0.25, -0.2) is 9.78 Å². The number of thiazole rings is 1. The molecule has 4 nitrogen and oxygen atoms in total. The summed E-state index contributed by atoms with van der Waals surface area (Å²) >= 11 is 4.90. The SMILES string of the molecule is O=C1NCCN1c1nc(-c2ccc(Br)cc2)cs1. The maximum atomic E-state index is 11.5. The Morgan fingerprint density at radius 2 is 2.11 bits per heavy atom.